The van der Waals surface area contributed by atoms with Crippen LogP contribution in [0, 0.1) is 12.8 Å². The van der Waals surface area contributed by atoms with Crippen LogP contribution >= 0.6 is 0 Å². The van der Waals surface area contributed by atoms with Crippen LogP contribution in [0.25, 0.3) is 5.65 Å². The number of aliphatic carboxylic acids is 1. The second kappa shape index (κ2) is 7.73. The van der Waals surface area contributed by atoms with Crippen LogP contribution in [0.3, 0.4) is 0 Å². The minimum Gasteiger partial charge on any atom is -0.480 e. The van der Waals surface area contributed by atoms with Gasteiger partial charge in [-0.05, 0) is 31.4 Å². The van der Waals surface area contributed by atoms with Crippen molar-refractivity contribution < 1.29 is 19.5 Å². The van der Waals surface area contributed by atoms with Gasteiger partial charge in [-0.25, -0.2) is 4.79 Å². The molecule has 0 aliphatic rings. The van der Waals surface area contributed by atoms with Crippen LogP contribution in [0.2, 0.25) is 0 Å². The first-order valence-electron chi connectivity index (χ1n) is 7.89. The highest BCUT2D eigenvalue weighted by Crippen LogP contribution is 2.07. The van der Waals surface area contributed by atoms with Gasteiger partial charge in [0.05, 0.1) is 12.1 Å². The summed E-state index contributed by atoms with van der Waals surface area (Å²) in [5, 5.41) is 21.8. The Balaban J connectivity index is 1.94. The average Bonchev–Trinajstić information content (AvgIpc) is 2.92. The summed E-state index contributed by atoms with van der Waals surface area (Å²) < 4.78 is 1.66. The summed E-state index contributed by atoms with van der Waals surface area (Å²) in [7, 11) is 0. The van der Waals surface area contributed by atoms with Gasteiger partial charge in [0.1, 0.15) is 11.9 Å². The number of carboxylic acids is 1. The van der Waals surface area contributed by atoms with Gasteiger partial charge >= 0.3 is 5.97 Å². The normalized spacial score (nSPS) is 12.2. The lowest BCUT2D eigenvalue weighted by molar-refractivity contribution is -0.142. The van der Waals surface area contributed by atoms with E-state index in [4.69, 9.17) is 5.11 Å². The molecule has 2 heterocycles. The number of hydrogen-bond donors (Lipinski definition) is 3. The molecule has 9 heteroatoms. The van der Waals surface area contributed by atoms with E-state index < -0.39 is 23.8 Å². The van der Waals surface area contributed by atoms with E-state index in [1.807, 2.05) is 13.8 Å². The molecule has 9 nitrogen and oxygen atoms in total. The smallest absolute Gasteiger partial charge is 0.326 e. The first kappa shape index (κ1) is 18.4. The van der Waals surface area contributed by atoms with E-state index in [-0.39, 0.29) is 12.5 Å². The van der Waals surface area contributed by atoms with Gasteiger partial charge in [-0.15, -0.1) is 10.2 Å². The Morgan fingerprint density at radius 3 is 2.60 bits per heavy atom. The summed E-state index contributed by atoms with van der Waals surface area (Å²) in [5.41, 5.74) is 0.963. The van der Waals surface area contributed by atoms with Crippen LogP contribution in [0.4, 0.5) is 0 Å². The number of nitrogens with one attached hydrogen (secondary N) is 2. The monoisotopic (exact) mass is 347 g/mol. The molecule has 2 aromatic heterocycles. The second-order valence-electron chi connectivity index (χ2n) is 6.16. The molecule has 25 heavy (non-hydrogen) atoms. The molecular formula is C16H21N5O4. The maximum atomic E-state index is 12.2. The van der Waals surface area contributed by atoms with Crippen LogP contribution in [0.5, 0.6) is 0 Å². The molecule has 2 aromatic rings. The molecule has 3 N–H and O–H groups in total. The van der Waals surface area contributed by atoms with E-state index in [1.54, 1.807) is 29.7 Å². The van der Waals surface area contributed by atoms with E-state index in [9.17, 15) is 14.4 Å². The molecule has 0 bridgehead atoms. The van der Waals surface area contributed by atoms with Gasteiger partial charge in [0.2, 0.25) is 5.91 Å². The molecule has 134 valence electrons. The fraction of sp³-hybridized carbons (Fsp3) is 0.438. The molecule has 0 aromatic carbocycles. The molecule has 0 aliphatic heterocycles. The van der Waals surface area contributed by atoms with E-state index in [1.165, 1.54) is 0 Å². The summed E-state index contributed by atoms with van der Waals surface area (Å²) in [5.74, 6) is -1.33. The number of aromatic nitrogens is 3. The second-order valence-corrected chi connectivity index (χ2v) is 6.16. The first-order chi connectivity index (χ1) is 11.8. The molecule has 0 saturated heterocycles. The van der Waals surface area contributed by atoms with E-state index in [0.717, 1.165) is 0 Å². The van der Waals surface area contributed by atoms with Crippen LogP contribution in [-0.4, -0.2) is 50.1 Å². The fourth-order valence-corrected chi connectivity index (χ4v) is 2.34. The van der Waals surface area contributed by atoms with Crippen molar-refractivity contribution in [3.8, 4) is 0 Å². The Morgan fingerprint density at radius 2 is 1.96 bits per heavy atom. The van der Waals surface area contributed by atoms with E-state index in [0.29, 0.717) is 23.5 Å². The zero-order valence-electron chi connectivity index (χ0n) is 14.3. The Bertz CT molecular complexity index is 799. The standard InChI is InChI=1S/C16H21N5O4/c1-9(2)6-12(16(24)25)18-14(22)7-17-15(23)11-4-5-13-20-19-10(3)21(13)8-11/h4-5,8-9,12H,6-7H2,1-3H3,(H,17,23)(H,18,22)(H,24,25)/t12-/m0/s1. The SMILES string of the molecule is Cc1nnc2ccc(C(=O)NCC(=O)N[C@@H](CC(C)C)C(=O)O)cn12. The zero-order chi connectivity index (χ0) is 18.6. The van der Waals surface area contributed by atoms with Crippen molar-refractivity contribution in [1.29, 1.82) is 0 Å². The predicted molar refractivity (Wildman–Crippen MR) is 89.1 cm³/mol. The van der Waals surface area contributed by atoms with Gasteiger partial charge in [-0.1, -0.05) is 13.8 Å². The van der Waals surface area contributed by atoms with Gasteiger partial charge < -0.3 is 15.7 Å². The number of carbonyl (C=O) groups excluding carboxylic acids is 2. The average molecular weight is 347 g/mol. The number of pyridine rings is 1. The van der Waals surface area contributed by atoms with Crippen LogP contribution in [0.15, 0.2) is 18.3 Å². The number of hydrogen-bond acceptors (Lipinski definition) is 5. The van der Waals surface area contributed by atoms with Crippen molar-refractivity contribution in [3.05, 3.63) is 29.7 Å². The van der Waals surface area contributed by atoms with Crippen molar-refractivity contribution in [3.63, 3.8) is 0 Å². The Labute approximate surface area is 144 Å². The van der Waals surface area contributed by atoms with Gasteiger partial charge in [-0.3, -0.25) is 14.0 Å². The maximum absolute atomic E-state index is 12.2. The highest BCUT2D eigenvalue weighted by atomic mass is 16.4. The summed E-state index contributed by atoms with van der Waals surface area (Å²) in [4.78, 5) is 35.2. The number of fused-ring (bicyclic) bond motifs is 1. The lowest BCUT2D eigenvalue weighted by Crippen LogP contribution is -2.46. The zero-order valence-corrected chi connectivity index (χ0v) is 14.3. The third kappa shape index (κ3) is 4.75. The number of rotatable bonds is 7. The topological polar surface area (TPSA) is 126 Å². The summed E-state index contributed by atoms with van der Waals surface area (Å²) in [6.07, 6.45) is 1.90. The fourth-order valence-electron chi connectivity index (χ4n) is 2.34. The maximum Gasteiger partial charge on any atom is 0.326 e. The van der Waals surface area contributed by atoms with E-state index >= 15 is 0 Å². The summed E-state index contributed by atoms with van der Waals surface area (Å²) >= 11 is 0. The first-order valence-corrected chi connectivity index (χ1v) is 7.89. The van der Waals surface area contributed by atoms with Gasteiger partial charge in [-0.2, -0.15) is 0 Å². The lowest BCUT2D eigenvalue weighted by Gasteiger charge is -2.16. The number of aryl methyl sites for hydroxylation is 1. The largest absolute Gasteiger partial charge is 0.480 e. The number of carbonyl (C=O) groups is 3. The molecule has 0 fully saturated rings. The van der Waals surface area contributed by atoms with Crippen LogP contribution in [0.1, 0.15) is 36.5 Å². The van der Waals surface area contributed by atoms with Crippen molar-refractivity contribution in [2.24, 2.45) is 5.92 Å². The number of nitrogens with zero attached hydrogens (tertiary/aromatic N) is 3. The quantitative estimate of drug-likeness (QED) is 0.665. The molecule has 0 spiro atoms. The highest BCUT2D eigenvalue weighted by Gasteiger charge is 2.21. The Hall–Kier alpha value is -2.97. The molecule has 2 rings (SSSR count). The number of carboxylic acid groups (broad SMARTS) is 1. The highest BCUT2D eigenvalue weighted by molar-refractivity contribution is 5.96. The lowest BCUT2D eigenvalue weighted by atomic mass is 10.0. The Kier molecular flexibility index (Phi) is 5.68. The minimum atomic E-state index is -1.10. The summed E-state index contributed by atoms with van der Waals surface area (Å²) in [6.45, 7) is 5.19. The molecule has 0 aliphatic carbocycles. The predicted octanol–water partition coefficient (Wildman–Crippen LogP) is 0.383. The van der Waals surface area contributed by atoms with Gasteiger partial charge in [0.15, 0.2) is 5.65 Å². The molecule has 1 atom stereocenters. The third-order valence-electron chi connectivity index (χ3n) is 3.58. The molecular weight excluding hydrogens is 326 g/mol. The van der Waals surface area contributed by atoms with Crippen molar-refractivity contribution >= 4 is 23.4 Å². The molecule has 0 unspecified atom stereocenters. The van der Waals surface area contributed by atoms with Crippen molar-refractivity contribution in [2.75, 3.05) is 6.54 Å². The van der Waals surface area contributed by atoms with Crippen LogP contribution < -0.4 is 10.6 Å². The minimum absolute atomic E-state index is 0.120. The summed E-state index contributed by atoms with van der Waals surface area (Å²) in [6, 6.07) is 2.26. The number of amides is 2. The van der Waals surface area contributed by atoms with E-state index in [2.05, 4.69) is 20.8 Å². The molecule has 2 amide bonds. The third-order valence-corrected chi connectivity index (χ3v) is 3.58. The van der Waals surface area contributed by atoms with Crippen molar-refractivity contribution in [1.82, 2.24) is 25.2 Å². The van der Waals surface area contributed by atoms with Crippen LogP contribution in [-0.2, 0) is 9.59 Å². The van der Waals surface area contributed by atoms with Gasteiger partial charge in [0, 0.05) is 6.20 Å². The molecule has 0 saturated carbocycles. The van der Waals surface area contributed by atoms with Crippen molar-refractivity contribution in [2.45, 2.75) is 33.2 Å². The Morgan fingerprint density at radius 1 is 1.24 bits per heavy atom. The van der Waals surface area contributed by atoms with Gasteiger partial charge in [0.25, 0.3) is 5.91 Å². The molecule has 0 radical (unpaired) electrons.